The summed E-state index contributed by atoms with van der Waals surface area (Å²) in [5.41, 5.74) is 0.807. The number of rotatable bonds is 3. The van der Waals surface area contributed by atoms with Gasteiger partial charge in [-0.05, 0) is 18.2 Å². The number of carboxylic acids is 1. The van der Waals surface area contributed by atoms with Crippen molar-refractivity contribution in [2.75, 3.05) is 0 Å². The third-order valence-electron chi connectivity index (χ3n) is 2.15. The predicted octanol–water partition coefficient (Wildman–Crippen LogP) is 1.77. The fourth-order valence-corrected chi connectivity index (χ4v) is 1.48. The summed E-state index contributed by atoms with van der Waals surface area (Å²) < 4.78 is 14.7. The summed E-state index contributed by atoms with van der Waals surface area (Å²) >= 11 is 0. The van der Waals surface area contributed by atoms with Gasteiger partial charge in [-0.2, -0.15) is 5.10 Å². The quantitative estimate of drug-likeness (QED) is 0.857. The van der Waals surface area contributed by atoms with Crippen molar-refractivity contribution in [1.82, 2.24) is 9.78 Å². The molecule has 1 heterocycles. The molecule has 0 aliphatic heterocycles. The molecule has 0 spiro atoms. The number of carbonyl (C=O) groups is 1. The predicted molar refractivity (Wildman–Crippen MR) is 55.3 cm³/mol. The summed E-state index contributed by atoms with van der Waals surface area (Å²) in [7, 11) is 0. The topological polar surface area (TPSA) is 55.1 Å². The summed E-state index contributed by atoms with van der Waals surface area (Å²) in [5, 5.41) is 12.5. The Bertz CT molecular complexity index is 522. The van der Waals surface area contributed by atoms with Crippen molar-refractivity contribution < 1.29 is 14.3 Å². The van der Waals surface area contributed by atoms with Crippen LogP contribution in [0.5, 0.6) is 0 Å². The lowest BCUT2D eigenvalue weighted by atomic mass is 10.1. The number of carboxylic acid groups (broad SMARTS) is 1. The van der Waals surface area contributed by atoms with Crippen LogP contribution in [0.15, 0.2) is 36.5 Å². The van der Waals surface area contributed by atoms with Crippen LogP contribution in [0.4, 0.5) is 4.39 Å². The molecule has 1 aromatic carbocycles. The van der Waals surface area contributed by atoms with Crippen LogP contribution in [0.3, 0.4) is 0 Å². The van der Waals surface area contributed by atoms with Crippen LogP contribution in [0, 0.1) is 5.82 Å². The first-order chi connectivity index (χ1) is 7.68. The first kappa shape index (κ1) is 10.4. The van der Waals surface area contributed by atoms with Gasteiger partial charge in [0.25, 0.3) is 0 Å². The number of hydrogen-bond acceptors (Lipinski definition) is 2. The van der Waals surface area contributed by atoms with Crippen LogP contribution < -0.4 is 0 Å². The zero-order valence-corrected chi connectivity index (χ0v) is 8.30. The monoisotopic (exact) mass is 220 g/mol. The Morgan fingerprint density at radius 2 is 2.12 bits per heavy atom. The van der Waals surface area contributed by atoms with E-state index in [9.17, 15) is 9.18 Å². The summed E-state index contributed by atoms with van der Waals surface area (Å²) in [6.45, 7) is -0.281. The number of benzene rings is 1. The van der Waals surface area contributed by atoms with E-state index < -0.39 is 11.8 Å². The van der Waals surface area contributed by atoms with Gasteiger partial charge in [-0.25, -0.2) is 4.39 Å². The highest BCUT2D eigenvalue weighted by atomic mass is 19.1. The standard InChI is InChI=1S/C11H9FN2O2/c12-9-4-2-1-3-8(9)10-5-6-13-14(10)7-11(15)16/h1-6H,7H2,(H,15,16). The van der Waals surface area contributed by atoms with Gasteiger partial charge in [0.15, 0.2) is 0 Å². The SMILES string of the molecule is O=C(O)Cn1nccc1-c1ccccc1F. The molecule has 0 saturated carbocycles. The minimum absolute atomic E-state index is 0.281. The summed E-state index contributed by atoms with van der Waals surface area (Å²) in [5.74, 6) is -1.41. The van der Waals surface area contributed by atoms with Crippen molar-refractivity contribution in [3.8, 4) is 11.3 Å². The van der Waals surface area contributed by atoms with Gasteiger partial charge in [0, 0.05) is 11.8 Å². The largest absolute Gasteiger partial charge is 0.480 e. The fourth-order valence-electron chi connectivity index (χ4n) is 1.48. The van der Waals surface area contributed by atoms with Crippen molar-refractivity contribution in [3.05, 3.63) is 42.3 Å². The second-order valence-electron chi connectivity index (χ2n) is 3.25. The highest BCUT2D eigenvalue weighted by Crippen LogP contribution is 2.21. The summed E-state index contributed by atoms with van der Waals surface area (Å²) in [4.78, 5) is 10.6. The average molecular weight is 220 g/mol. The van der Waals surface area contributed by atoms with E-state index in [2.05, 4.69) is 5.10 Å². The minimum Gasteiger partial charge on any atom is -0.480 e. The Morgan fingerprint density at radius 1 is 1.38 bits per heavy atom. The van der Waals surface area contributed by atoms with E-state index in [0.29, 0.717) is 11.3 Å². The van der Waals surface area contributed by atoms with E-state index in [4.69, 9.17) is 5.11 Å². The van der Waals surface area contributed by atoms with Gasteiger partial charge in [-0.15, -0.1) is 0 Å². The lowest BCUT2D eigenvalue weighted by Crippen LogP contribution is -2.11. The second-order valence-corrected chi connectivity index (χ2v) is 3.25. The van der Waals surface area contributed by atoms with E-state index >= 15 is 0 Å². The summed E-state index contributed by atoms with van der Waals surface area (Å²) in [6.07, 6.45) is 1.45. The molecule has 16 heavy (non-hydrogen) atoms. The molecule has 4 nitrogen and oxygen atoms in total. The highest BCUT2D eigenvalue weighted by molar-refractivity contribution is 5.68. The molecule has 0 bridgehead atoms. The molecule has 0 fully saturated rings. The molecule has 5 heteroatoms. The smallest absolute Gasteiger partial charge is 0.325 e. The number of hydrogen-bond donors (Lipinski definition) is 1. The van der Waals surface area contributed by atoms with Crippen molar-refractivity contribution in [1.29, 1.82) is 0 Å². The van der Waals surface area contributed by atoms with Gasteiger partial charge in [0.1, 0.15) is 12.4 Å². The van der Waals surface area contributed by atoms with E-state index in [1.54, 1.807) is 24.3 Å². The first-order valence-electron chi connectivity index (χ1n) is 4.67. The van der Waals surface area contributed by atoms with Crippen molar-refractivity contribution >= 4 is 5.97 Å². The number of aliphatic carboxylic acids is 1. The van der Waals surface area contributed by atoms with Gasteiger partial charge in [-0.3, -0.25) is 9.48 Å². The molecular formula is C11H9FN2O2. The number of aromatic nitrogens is 2. The van der Waals surface area contributed by atoms with E-state index in [-0.39, 0.29) is 6.54 Å². The van der Waals surface area contributed by atoms with Gasteiger partial charge < -0.3 is 5.11 Å². The minimum atomic E-state index is -1.01. The maximum atomic E-state index is 13.5. The van der Waals surface area contributed by atoms with Crippen LogP contribution in [0.2, 0.25) is 0 Å². The van der Waals surface area contributed by atoms with Crippen LogP contribution in [-0.2, 0) is 11.3 Å². The third-order valence-corrected chi connectivity index (χ3v) is 2.15. The van der Waals surface area contributed by atoms with Gasteiger partial charge >= 0.3 is 5.97 Å². The van der Waals surface area contributed by atoms with E-state index in [0.717, 1.165) is 0 Å². The molecule has 1 aromatic heterocycles. The van der Waals surface area contributed by atoms with Crippen LogP contribution in [0.1, 0.15) is 0 Å². The molecular weight excluding hydrogens is 211 g/mol. The summed E-state index contributed by atoms with van der Waals surface area (Å²) in [6, 6.07) is 7.77. The van der Waals surface area contributed by atoms with Gasteiger partial charge in [-0.1, -0.05) is 12.1 Å². The number of nitrogens with zero attached hydrogens (tertiary/aromatic N) is 2. The molecule has 82 valence electrons. The van der Waals surface area contributed by atoms with Gasteiger partial charge in [0.2, 0.25) is 0 Å². The Hall–Kier alpha value is -2.17. The Morgan fingerprint density at radius 3 is 2.81 bits per heavy atom. The Balaban J connectivity index is 2.45. The van der Waals surface area contributed by atoms with Crippen LogP contribution in [0.25, 0.3) is 11.3 Å². The lowest BCUT2D eigenvalue weighted by molar-refractivity contribution is -0.137. The molecule has 0 aliphatic carbocycles. The molecule has 0 radical (unpaired) electrons. The molecule has 0 amide bonds. The van der Waals surface area contributed by atoms with E-state index in [1.165, 1.54) is 16.9 Å². The van der Waals surface area contributed by atoms with E-state index in [1.807, 2.05) is 0 Å². The zero-order valence-electron chi connectivity index (χ0n) is 8.30. The molecule has 0 saturated heterocycles. The Kier molecular flexibility index (Phi) is 2.68. The van der Waals surface area contributed by atoms with Crippen molar-refractivity contribution in [3.63, 3.8) is 0 Å². The molecule has 0 aliphatic rings. The molecule has 1 N–H and O–H groups in total. The first-order valence-corrected chi connectivity index (χ1v) is 4.67. The Labute approximate surface area is 90.9 Å². The molecule has 2 rings (SSSR count). The van der Waals surface area contributed by atoms with Crippen molar-refractivity contribution in [2.24, 2.45) is 0 Å². The second kappa shape index (κ2) is 4.14. The van der Waals surface area contributed by atoms with Gasteiger partial charge in [0.05, 0.1) is 5.69 Å². The maximum absolute atomic E-state index is 13.5. The van der Waals surface area contributed by atoms with Crippen molar-refractivity contribution in [2.45, 2.75) is 6.54 Å². The molecule has 2 aromatic rings. The van der Waals surface area contributed by atoms with Crippen LogP contribution >= 0.6 is 0 Å². The average Bonchev–Trinajstić information content (AvgIpc) is 2.66. The highest BCUT2D eigenvalue weighted by Gasteiger charge is 2.11. The molecule has 0 atom stereocenters. The lowest BCUT2D eigenvalue weighted by Gasteiger charge is -2.05. The molecule has 0 unspecified atom stereocenters. The normalized spacial score (nSPS) is 10.3. The third kappa shape index (κ3) is 1.93. The maximum Gasteiger partial charge on any atom is 0.325 e. The number of halogens is 1. The fraction of sp³-hybridized carbons (Fsp3) is 0.0909. The zero-order chi connectivity index (χ0) is 11.5. The van der Waals surface area contributed by atoms with Crippen LogP contribution in [-0.4, -0.2) is 20.9 Å².